The van der Waals surface area contributed by atoms with Gasteiger partial charge in [0.15, 0.2) is 0 Å². The second-order valence-electron chi connectivity index (χ2n) is 1.34. The van der Waals surface area contributed by atoms with Crippen molar-refractivity contribution in [2.75, 3.05) is 6.61 Å². The van der Waals surface area contributed by atoms with Crippen LogP contribution in [0.5, 0.6) is 0 Å². The Labute approximate surface area is 55.2 Å². The van der Waals surface area contributed by atoms with Crippen LogP contribution in [0.15, 0.2) is 30.6 Å². The second-order valence-corrected chi connectivity index (χ2v) is 1.34. The fraction of sp³-hybridized carbons (Fsp3) is 0.286. The first-order chi connectivity index (χ1) is 4.41. The van der Waals surface area contributed by atoms with E-state index in [1.807, 2.05) is 18.2 Å². The fourth-order valence-corrected chi connectivity index (χ4v) is 0.313. The lowest BCUT2D eigenvalue weighted by atomic mass is 10.5. The quantitative estimate of drug-likeness (QED) is 0.562. The molecule has 0 unspecified atom stereocenters. The minimum atomic E-state index is 0.250. The van der Waals surface area contributed by atoms with Gasteiger partial charge < -0.3 is 5.11 Å². The minimum Gasteiger partial charge on any atom is -0.397 e. The predicted molar refractivity (Wildman–Crippen MR) is 37.0 cm³/mol. The number of aliphatic hydroxyl groups excluding tert-OH is 1. The molecule has 50 valence electrons. The zero-order valence-electron chi connectivity index (χ0n) is 5.49. The number of hydrogen-bond donors (Lipinski definition) is 1. The van der Waals surface area contributed by atoms with Crippen molar-refractivity contribution in [3.05, 3.63) is 30.6 Å². The standard InChI is InChI=1S/C5H5N.C2H6O/c1-2-4-6-5-3-1;1-2-3/h1-5H;3H,2H2,1H3. The van der Waals surface area contributed by atoms with E-state index in [9.17, 15) is 0 Å². The van der Waals surface area contributed by atoms with E-state index in [0.717, 1.165) is 0 Å². The van der Waals surface area contributed by atoms with Crippen molar-refractivity contribution in [2.24, 2.45) is 0 Å². The lowest BCUT2D eigenvalue weighted by molar-refractivity contribution is 0.318. The highest BCUT2D eigenvalue weighted by atomic mass is 16.2. The molecule has 2 nitrogen and oxygen atoms in total. The number of nitrogens with zero attached hydrogens (tertiary/aromatic N) is 1. The molecule has 0 aliphatic carbocycles. The molecule has 0 saturated carbocycles. The molecule has 0 aliphatic heterocycles. The third-order valence-electron chi connectivity index (χ3n) is 0.566. The molecule has 1 heterocycles. The first-order valence-electron chi connectivity index (χ1n) is 2.87. The average molecular weight is 125 g/mol. The third kappa shape index (κ3) is 7.11. The van der Waals surface area contributed by atoms with Crippen LogP contribution in [-0.4, -0.2) is 16.7 Å². The summed E-state index contributed by atoms with van der Waals surface area (Å²) in [6.45, 7) is 1.93. The maximum absolute atomic E-state index is 7.57. The number of pyridine rings is 1. The summed E-state index contributed by atoms with van der Waals surface area (Å²) < 4.78 is 0. The molecule has 1 N–H and O–H groups in total. The maximum Gasteiger partial charge on any atom is 0.0402 e. The van der Waals surface area contributed by atoms with Crippen LogP contribution < -0.4 is 0 Å². The number of aromatic nitrogens is 1. The molecule has 1 aromatic heterocycles. The molecule has 2 heteroatoms. The van der Waals surface area contributed by atoms with Crippen LogP contribution in [0.1, 0.15) is 6.92 Å². The van der Waals surface area contributed by atoms with Crippen molar-refractivity contribution in [1.29, 1.82) is 0 Å². The van der Waals surface area contributed by atoms with Gasteiger partial charge in [-0.25, -0.2) is 0 Å². The second kappa shape index (κ2) is 7.11. The lowest BCUT2D eigenvalue weighted by Crippen LogP contribution is -1.58. The van der Waals surface area contributed by atoms with Crippen LogP contribution in [0.3, 0.4) is 0 Å². The van der Waals surface area contributed by atoms with E-state index >= 15 is 0 Å². The van der Waals surface area contributed by atoms with Crippen molar-refractivity contribution in [3.63, 3.8) is 0 Å². The number of rotatable bonds is 0. The van der Waals surface area contributed by atoms with Gasteiger partial charge in [-0.2, -0.15) is 0 Å². The normalized spacial score (nSPS) is 7.33. The first-order valence-corrected chi connectivity index (χ1v) is 2.87. The van der Waals surface area contributed by atoms with E-state index in [0.29, 0.717) is 0 Å². The van der Waals surface area contributed by atoms with Crippen molar-refractivity contribution in [1.82, 2.24) is 4.98 Å². The topological polar surface area (TPSA) is 33.1 Å². The van der Waals surface area contributed by atoms with E-state index < -0.39 is 0 Å². The fourth-order valence-electron chi connectivity index (χ4n) is 0.313. The summed E-state index contributed by atoms with van der Waals surface area (Å²) in [7, 11) is 0. The highest BCUT2D eigenvalue weighted by Gasteiger charge is 1.58. The molecular formula is C7H11NO. The third-order valence-corrected chi connectivity index (χ3v) is 0.566. The SMILES string of the molecule is CCO.c1ccncc1. The van der Waals surface area contributed by atoms with E-state index in [4.69, 9.17) is 5.11 Å². The summed E-state index contributed by atoms with van der Waals surface area (Å²) in [5.74, 6) is 0. The Morgan fingerprint density at radius 2 is 1.67 bits per heavy atom. The Kier molecular flexibility index (Phi) is 6.41. The molecule has 0 fully saturated rings. The van der Waals surface area contributed by atoms with Gasteiger partial charge in [0, 0.05) is 19.0 Å². The van der Waals surface area contributed by atoms with Crippen molar-refractivity contribution in [3.8, 4) is 0 Å². The molecule has 0 amide bonds. The minimum absolute atomic E-state index is 0.250. The van der Waals surface area contributed by atoms with Gasteiger partial charge >= 0.3 is 0 Å². The number of aliphatic hydroxyl groups is 1. The van der Waals surface area contributed by atoms with Gasteiger partial charge in [0.05, 0.1) is 0 Å². The van der Waals surface area contributed by atoms with Crippen molar-refractivity contribution in [2.45, 2.75) is 6.92 Å². The highest BCUT2D eigenvalue weighted by molar-refractivity contribution is 4.88. The zero-order chi connectivity index (χ0) is 6.95. The molecule has 0 saturated heterocycles. The van der Waals surface area contributed by atoms with Crippen molar-refractivity contribution < 1.29 is 5.11 Å². The summed E-state index contributed by atoms with van der Waals surface area (Å²) in [6, 6.07) is 5.72. The van der Waals surface area contributed by atoms with Crippen LogP contribution in [0, 0.1) is 0 Å². The monoisotopic (exact) mass is 125 g/mol. The Hall–Kier alpha value is -0.890. The molecule has 0 atom stereocenters. The van der Waals surface area contributed by atoms with Crippen LogP contribution in [0.4, 0.5) is 0 Å². The average Bonchev–Trinajstić information content (AvgIpc) is 1.93. The van der Waals surface area contributed by atoms with Gasteiger partial charge in [0.25, 0.3) is 0 Å². The molecule has 1 rings (SSSR count). The predicted octanol–water partition coefficient (Wildman–Crippen LogP) is 1.08. The molecule has 0 aliphatic rings. The van der Waals surface area contributed by atoms with Gasteiger partial charge in [-0.3, -0.25) is 4.98 Å². The van der Waals surface area contributed by atoms with Gasteiger partial charge in [-0.05, 0) is 19.1 Å². The molecule has 0 radical (unpaired) electrons. The van der Waals surface area contributed by atoms with Gasteiger partial charge in [-0.15, -0.1) is 0 Å². The van der Waals surface area contributed by atoms with Gasteiger partial charge in [0.1, 0.15) is 0 Å². The molecule has 9 heavy (non-hydrogen) atoms. The molecule has 1 aromatic rings. The van der Waals surface area contributed by atoms with E-state index in [-0.39, 0.29) is 6.61 Å². The van der Waals surface area contributed by atoms with Crippen LogP contribution in [0.2, 0.25) is 0 Å². The molecule has 0 aromatic carbocycles. The van der Waals surface area contributed by atoms with Crippen LogP contribution in [0.25, 0.3) is 0 Å². The molecule has 0 spiro atoms. The largest absolute Gasteiger partial charge is 0.397 e. The Bertz CT molecular complexity index is 91.8. The smallest absolute Gasteiger partial charge is 0.0402 e. The van der Waals surface area contributed by atoms with Gasteiger partial charge in [-0.1, -0.05) is 6.07 Å². The lowest BCUT2D eigenvalue weighted by Gasteiger charge is -1.70. The Morgan fingerprint density at radius 3 is 1.78 bits per heavy atom. The van der Waals surface area contributed by atoms with Crippen molar-refractivity contribution >= 4 is 0 Å². The zero-order valence-corrected chi connectivity index (χ0v) is 5.49. The molecular weight excluding hydrogens is 114 g/mol. The highest BCUT2D eigenvalue weighted by Crippen LogP contribution is 1.73. The summed E-state index contributed by atoms with van der Waals surface area (Å²) in [5, 5.41) is 7.57. The molecule has 0 bridgehead atoms. The maximum atomic E-state index is 7.57. The van der Waals surface area contributed by atoms with Gasteiger partial charge in [0.2, 0.25) is 0 Å². The van der Waals surface area contributed by atoms with Crippen LogP contribution >= 0.6 is 0 Å². The first kappa shape index (κ1) is 8.11. The van der Waals surface area contributed by atoms with E-state index in [1.165, 1.54) is 0 Å². The summed E-state index contributed by atoms with van der Waals surface area (Å²) in [5.41, 5.74) is 0. The number of hydrogen-bond acceptors (Lipinski definition) is 2. The Balaban J connectivity index is 0.000000187. The summed E-state index contributed by atoms with van der Waals surface area (Å²) >= 11 is 0. The Morgan fingerprint density at radius 1 is 1.22 bits per heavy atom. The van der Waals surface area contributed by atoms with E-state index in [1.54, 1.807) is 19.3 Å². The van der Waals surface area contributed by atoms with Crippen LogP contribution in [-0.2, 0) is 0 Å². The summed E-state index contributed by atoms with van der Waals surface area (Å²) in [4.78, 5) is 3.78. The van der Waals surface area contributed by atoms with E-state index in [2.05, 4.69) is 4.98 Å². The summed E-state index contributed by atoms with van der Waals surface area (Å²) in [6.07, 6.45) is 3.50.